The van der Waals surface area contributed by atoms with Crippen molar-refractivity contribution in [2.75, 3.05) is 44.9 Å². The second-order valence-electron chi connectivity index (χ2n) is 10.6. The summed E-state index contributed by atoms with van der Waals surface area (Å²) in [6, 6.07) is 1.34. The quantitative estimate of drug-likeness (QED) is 0.0475. The van der Waals surface area contributed by atoms with Crippen molar-refractivity contribution in [3.05, 3.63) is 39.4 Å². The van der Waals surface area contributed by atoms with E-state index in [4.69, 9.17) is 34.7 Å². The van der Waals surface area contributed by atoms with E-state index >= 15 is 0 Å². The minimum Gasteiger partial charge on any atom is -0.790 e. The molecule has 0 aliphatic carbocycles. The number of anilines is 2. The summed E-state index contributed by atoms with van der Waals surface area (Å²) >= 11 is 0. The molecule has 0 amide bonds. The van der Waals surface area contributed by atoms with Crippen LogP contribution in [0.15, 0.2) is 28.2 Å². The van der Waals surface area contributed by atoms with Crippen molar-refractivity contribution in [3.8, 4) is 0 Å². The fourth-order valence-electron chi connectivity index (χ4n) is 5.21. The van der Waals surface area contributed by atoms with E-state index in [1.54, 1.807) is 0 Å². The smallest absolute Gasteiger partial charge is 0.790 e. The molecule has 5 rings (SSSR count). The Labute approximate surface area is 326 Å². The van der Waals surface area contributed by atoms with E-state index in [9.17, 15) is 38.7 Å². The fourth-order valence-corrected chi connectivity index (χ4v) is 7.16. The molecule has 8 atom stereocenters. The zero-order valence-corrected chi connectivity index (χ0v) is 32.9. The van der Waals surface area contributed by atoms with E-state index in [0.29, 0.717) is 0 Å². The first-order valence-electron chi connectivity index (χ1n) is 14.3. The number of phosphoric ester groups is 1. The summed E-state index contributed by atoms with van der Waals surface area (Å²) < 4.78 is 60.5. The summed E-state index contributed by atoms with van der Waals surface area (Å²) in [4.78, 5) is 60.3. The first-order chi connectivity index (χ1) is 22.7. The number of ether oxygens (including phenoxy) is 3. The number of hydrogen-bond donors (Lipinski definition) is 6. The third-order valence-electron chi connectivity index (χ3n) is 7.32. The van der Waals surface area contributed by atoms with Gasteiger partial charge in [-0.25, -0.2) is 19.4 Å². The molecule has 27 heteroatoms. The second-order valence-corrected chi connectivity index (χ2v) is 13.6. The standard InChI is InChI=1S/C23H35N9O14P2.2Na/c1-41-17-16(13(8-33)45-21(17)32-10-26-15-18(32)29-22(25)30-19(15)35)46-47(37,27-4-2-6-42-48(38,39)40)43-9-11-7-12(34)20(44-11)31-5-3-14(24)28-23(31)36;;/h3,5,10-13,16-17,20-21,33-34H,2,4,6-9H2,1H3,(H,27,37)(H2,24,28,36)(H2,38,39,40)(H3,25,29,30,35);;/q;2*+1/p-2/t11-,12+,13+,16+,17+,20+,21+,47?;;/m0../s1. The maximum atomic E-state index is 14.2. The zero-order chi connectivity index (χ0) is 34.8. The molecule has 2 aliphatic rings. The van der Waals surface area contributed by atoms with Gasteiger partial charge in [0.2, 0.25) is 5.95 Å². The molecular formula is C23H33N9Na2O14P2. The average Bonchev–Trinajstić information content (AvgIpc) is 3.70. The number of H-pyrrole nitrogens is 1. The van der Waals surface area contributed by atoms with Crippen LogP contribution < -0.4 is 96.7 Å². The number of aliphatic hydroxyl groups excluding tert-OH is 2. The third kappa shape index (κ3) is 10.3. The number of aliphatic hydroxyl groups is 2. The molecule has 0 aromatic carbocycles. The van der Waals surface area contributed by atoms with Gasteiger partial charge in [-0.05, 0) is 12.5 Å². The molecule has 8 N–H and O–H groups in total. The summed E-state index contributed by atoms with van der Waals surface area (Å²) in [5.41, 5.74) is 9.80. The van der Waals surface area contributed by atoms with E-state index in [2.05, 4.69) is 29.5 Å². The van der Waals surface area contributed by atoms with Gasteiger partial charge in [-0.3, -0.25) is 28.0 Å². The molecule has 1 unspecified atom stereocenters. The molecule has 5 heterocycles. The summed E-state index contributed by atoms with van der Waals surface area (Å²) in [5.74, 6) is -0.237. The third-order valence-corrected chi connectivity index (χ3v) is 9.44. The second kappa shape index (κ2) is 18.3. The molecule has 0 radical (unpaired) electrons. The number of nitrogens with one attached hydrogen (secondary N) is 2. The number of aromatic nitrogens is 6. The molecule has 3 aromatic rings. The maximum absolute atomic E-state index is 14.2. The molecule has 50 heavy (non-hydrogen) atoms. The van der Waals surface area contributed by atoms with Crippen molar-refractivity contribution >= 4 is 38.5 Å². The van der Waals surface area contributed by atoms with Crippen LogP contribution in [0.1, 0.15) is 25.3 Å². The molecule has 0 spiro atoms. The van der Waals surface area contributed by atoms with Crippen LogP contribution in [0.4, 0.5) is 11.8 Å². The van der Waals surface area contributed by atoms with Gasteiger partial charge in [-0.15, -0.1) is 0 Å². The Balaban J connectivity index is 0.00000338. The minimum absolute atomic E-state index is 0. The summed E-state index contributed by atoms with van der Waals surface area (Å²) in [6.07, 6.45) is -5.72. The predicted octanol–water partition coefficient (Wildman–Crippen LogP) is -9.56. The van der Waals surface area contributed by atoms with Crippen LogP contribution in [-0.2, 0) is 36.9 Å². The van der Waals surface area contributed by atoms with Gasteiger partial charge in [0.05, 0.1) is 40.1 Å². The number of methoxy groups -OCH3 is 1. The summed E-state index contributed by atoms with van der Waals surface area (Å²) in [5, 5.41) is 23.3. The van der Waals surface area contributed by atoms with Crippen molar-refractivity contribution in [2.24, 2.45) is 0 Å². The molecule has 0 bridgehead atoms. The van der Waals surface area contributed by atoms with Gasteiger partial charge < -0.3 is 54.8 Å². The fraction of sp³-hybridized carbons (Fsp3) is 0.609. The van der Waals surface area contributed by atoms with Gasteiger partial charge in [-0.1, -0.05) is 0 Å². The first-order valence-corrected chi connectivity index (χ1v) is 17.3. The van der Waals surface area contributed by atoms with E-state index in [0.717, 1.165) is 4.57 Å². The maximum Gasteiger partial charge on any atom is 1.00 e. The van der Waals surface area contributed by atoms with Crippen molar-refractivity contribution in [1.82, 2.24) is 34.2 Å². The number of nitrogens with zero attached hydrogens (tertiary/aromatic N) is 5. The molecular weight excluding hydrogens is 734 g/mol. The average molecular weight is 767 g/mol. The van der Waals surface area contributed by atoms with Crippen molar-refractivity contribution < 1.29 is 116 Å². The van der Waals surface area contributed by atoms with Crippen molar-refractivity contribution in [3.63, 3.8) is 0 Å². The molecule has 2 saturated heterocycles. The van der Waals surface area contributed by atoms with Crippen LogP contribution in [0.25, 0.3) is 11.2 Å². The molecule has 0 saturated carbocycles. The Morgan fingerprint density at radius 3 is 2.52 bits per heavy atom. The monoisotopic (exact) mass is 767 g/mol. The van der Waals surface area contributed by atoms with Crippen LogP contribution in [0.3, 0.4) is 0 Å². The number of fused-ring (bicyclic) bond motifs is 1. The Kier molecular flexibility index (Phi) is 15.8. The molecule has 2 fully saturated rings. The van der Waals surface area contributed by atoms with Gasteiger partial charge in [-0.2, -0.15) is 9.97 Å². The van der Waals surface area contributed by atoms with Crippen LogP contribution >= 0.6 is 15.6 Å². The number of phosphoric acid groups is 1. The van der Waals surface area contributed by atoms with Crippen LogP contribution in [0.2, 0.25) is 0 Å². The number of aromatic amines is 1. The Morgan fingerprint density at radius 2 is 1.86 bits per heavy atom. The minimum atomic E-state index is -5.26. The van der Waals surface area contributed by atoms with Crippen LogP contribution in [0, 0.1) is 0 Å². The Morgan fingerprint density at radius 1 is 1.12 bits per heavy atom. The number of imidazole rings is 1. The van der Waals surface area contributed by atoms with Crippen LogP contribution in [-0.4, -0.2) is 103 Å². The van der Waals surface area contributed by atoms with E-state index in [-0.39, 0.29) is 101 Å². The molecule has 23 nitrogen and oxygen atoms in total. The van der Waals surface area contributed by atoms with Gasteiger partial charge in [0.25, 0.3) is 5.56 Å². The zero-order valence-electron chi connectivity index (χ0n) is 27.1. The number of rotatable bonds is 15. The van der Waals surface area contributed by atoms with E-state index in [1.807, 2.05) is 0 Å². The van der Waals surface area contributed by atoms with Gasteiger partial charge in [0, 0.05) is 26.3 Å². The van der Waals surface area contributed by atoms with Crippen LogP contribution in [0.5, 0.6) is 0 Å². The molecule has 266 valence electrons. The SMILES string of the molecule is CO[C@@H]1[C@H](OP(=O)(NCCCOP(=O)([O-])[O-])OC[C@@H]2C[C@@H](O)[C@H](n3ccc(N)nc3=O)O2)[C@@H](CO)O[C@H]1n1cnc2c(=O)[nH]c(N)nc21.[Na+].[Na+]. The number of nitrogen functional groups attached to an aromatic ring is 2. The largest absolute Gasteiger partial charge is 1.00 e. The number of nitrogens with two attached hydrogens (primary N) is 2. The summed E-state index contributed by atoms with van der Waals surface area (Å²) in [6.45, 7) is -1.92. The van der Waals surface area contributed by atoms with Crippen molar-refractivity contribution in [1.29, 1.82) is 0 Å². The first kappa shape index (κ1) is 43.3. The Hall–Kier alpha value is -1.15. The van der Waals surface area contributed by atoms with Crippen molar-refractivity contribution in [2.45, 2.75) is 55.8 Å². The molecule has 3 aromatic heterocycles. The van der Waals surface area contributed by atoms with Gasteiger partial charge in [0.1, 0.15) is 30.2 Å². The van der Waals surface area contributed by atoms with E-state index < -0.39 is 89.6 Å². The summed E-state index contributed by atoms with van der Waals surface area (Å²) in [7, 11) is -8.45. The number of hydrogen-bond acceptors (Lipinski definition) is 19. The van der Waals surface area contributed by atoms with Gasteiger partial charge in [0.15, 0.2) is 23.6 Å². The normalized spacial score (nSPS) is 26.4. The Bertz CT molecular complexity index is 1810. The predicted molar refractivity (Wildman–Crippen MR) is 156 cm³/mol. The topological polar surface area (TPSA) is 339 Å². The molecule has 2 aliphatic heterocycles. The van der Waals surface area contributed by atoms with Gasteiger partial charge >= 0.3 is 72.6 Å². The van der Waals surface area contributed by atoms with E-state index in [1.165, 1.54) is 30.3 Å².